The molecule has 1 nitrogen and oxygen atoms in total. The van der Waals surface area contributed by atoms with Gasteiger partial charge in [0.15, 0.2) is 0 Å². The molecule has 0 unspecified atom stereocenters. The minimum atomic E-state index is 0. The van der Waals surface area contributed by atoms with Crippen LogP contribution in [0.1, 0.15) is 41.0 Å². The average molecular weight is 256 g/mol. The van der Waals surface area contributed by atoms with Gasteiger partial charge in [-0.3, -0.25) is 6.08 Å². The maximum Gasteiger partial charge on any atom is 0.00585 e. The Morgan fingerprint density at radius 2 is 1.69 bits per heavy atom. The summed E-state index contributed by atoms with van der Waals surface area (Å²) in [5.41, 5.74) is 0.790. The van der Waals surface area contributed by atoms with Gasteiger partial charge in [-0.2, -0.15) is 5.57 Å². The molecule has 0 amide bonds. The normalized spacial score (nSPS) is 11.8. The third-order valence-electron chi connectivity index (χ3n) is 1.67. The summed E-state index contributed by atoms with van der Waals surface area (Å²) in [7, 11) is 0. The molecule has 0 aliphatic carbocycles. The second-order valence-corrected chi connectivity index (χ2v) is 3.92. The summed E-state index contributed by atoms with van der Waals surface area (Å²) in [4.78, 5) is 11.4. The van der Waals surface area contributed by atoms with E-state index in [0.717, 1.165) is 12.0 Å². The topological polar surface area (TPSA) is 17.1 Å². The van der Waals surface area contributed by atoms with E-state index >= 15 is 0 Å². The van der Waals surface area contributed by atoms with E-state index in [9.17, 15) is 4.79 Å². The van der Waals surface area contributed by atoms with E-state index in [1.54, 1.807) is 0 Å². The Morgan fingerprint density at radius 3 is 2.00 bits per heavy atom. The molecule has 0 aromatic rings. The predicted molar refractivity (Wildman–Crippen MR) is 51.7 cm³/mol. The monoisotopic (exact) mass is 256 g/mol. The zero-order valence-corrected chi connectivity index (χ0v) is 12.2. The smallest absolute Gasteiger partial charge is 0.00585 e. The van der Waals surface area contributed by atoms with Crippen LogP contribution in [0, 0.1) is 17.9 Å². The van der Waals surface area contributed by atoms with Crippen LogP contribution in [-0.2, 0) is 37.5 Å². The molecule has 0 aromatic carbocycles. The van der Waals surface area contributed by atoms with Crippen molar-refractivity contribution in [1.29, 1.82) is 0 Å². The largest absolute Gasteiger partial charge is 0.406 e. The maximum absolute atomic E-state index is 11.4. The zero-order valence-electron chi connectivity index (χ0n) is 9.35. The first-order valence-electron chi connectivity index (χ1n) is 4.56. The SMILES string of the molecule is CC(=[C-]CC(C)C)C(=O)C(C)C.[Y]. The van der Waals surface area contributed by atoms with Crippen LogP contribution in [0.25, 0.3) is 0 Å². The van der Waals surface area contributed by atoms with Crippen molar-refractivity contribution >= 4 is 5.78 Å². The molecule has 13 heavy (non-hydrogen) atoms. The van der Waals surface area contributed by atoms with Crippen LogP contribution in [-0.4, -0.2) is 5.78 Å². The first kappa shape index (κ1) is 16.0. The summed E-state index contributed by atoms with van der Waals surface area (Å²) in [5.74, 6) is 0.903. The van der Waals surface area contributed by atoms with Crippen molar-refractivity contribution in [3.8, 4) is 0 Å². The number of hydrogen-bond acceptors (Lipinski definition) is 1. The van der Waals surface area contributed by atoms with Crippen LogP contribution in [0.15, 0.2) is 5.57 Å². The van der Waals surface area contributed by atoms with Gasteiger partial charge in [-0.25, -0.2) is 0 Å². The molecule has 0 heterocycles. The van der Waals surface area contributed by atoms with Crippen molar-refractivity contribution < 1.29 is 37.5 Å². The molecule has 0 spiro atoms. The fourth-order valence-corrected chi connectivity index (χ4v) is 0.877. The molecular formula is C11H19OY-. The van der Waals surface area contributed by atoms with Gasteiger partial charge in [0.1, 0.15) is 0 Å². The third kappa shape index (κ3) is 7.57. The van der Waals surface area contributed by atoms with Gasteiger partial charge in [0.05, 0.1) is 0 Å². The van der Waals surface area contributed by atoms with Crippen molar-refractivity contribution in [2.45, 2.75) is 41.0 Å². The Balaban J connectivity index is 0. The molecule has 0 aliphatic heterocycles. The number of carbonyl (C=O) groups is 1. The van der Waals surface area contributed by atoms with Crippen LogP contribution in [0.2, 0.25) is 0 Å². The number of ketones is 1. The fraction of sp³-hybridized carbons (Fsp3) is 0.727. The minimum absolute atomic E-state index is 0. The molecule has 0 bridgehead atoms. The van der Waals surface area contributed by atoms with Crippen LogP contribution in [0.4, 0.5) is 0 Å². The van der Waals surface area contributed by atoms with Gasteiger partial charge in [-0.05, 0) is 0 Å². The van der Waals surface area contributed by atoms with E-state index in [0.29, 0.717) is 5.92 Å². The fourth-order valence-electron chi connectivity index (χ4n) is 0.877. The Kier molecular flexibility index (Phi) is 9.67. The van der Waals surface area contributed by atoms with Crippen LogP contribution in [0.5, 0.6) is 0 Å². The van der Waals surface area contributed by atoms with Crippen molar-refractivity contribution in [1.82, 2.24) is 0 Å². The van der Waals surface area contributed by atoms with Gasteiger partial charge in [0.25, 0.3) is 0 Å². The van der Waals surface area contributed by atoms with Crippen molar-refractivity contribution in [2.75, 3.05) is 0 Å². The molecule has 2 heteroatoms. The predicted octanol–water partition coefficient (Wildman–Crippen LogP) is 3.00. The summed E-state index contributed by atoms with van der Waals surface area (Å²) in [6.07, 6.45) is 4.01. The molecule has 0 fully saturated rings. The van der Waals surface area contributed by atoms with Crippen LogP contribution < -0.4 is 0 Å². The van der Waals surface area contributed by atoms with E-state index in [-0.39, 0.29) is 44.4 Å². The molecule has 0 saturated heterocycles. The standard InChI is InChI=1S/C11H19O.Y/c1-8(2)6-7-10(5)11(12)9(3)4;/h8-9H,6H2,1-5H3;/q-1;. The van der Waals surface area contributed by atoms with Crippen molar-refractivity contribution in [2.24, 2.45) is 11.8 Å². The second kappa shape index (κ2) is 7.88. The van der Waals surface area contributed by atoms with E-state index in [1.807, 2.05) is 20.8 Å². The summed E-state index contributed by atoms with van der Waals surface area (Å²) in [6.45, 7) is 9.94. The summed E-state index contributed by atoms with van der Waals surface area (Å²) >= 11 is 0. The minimum Gasteiger partial charge on any atom is -0.406 e. The third-order valence-corrected chi connectivity index (χ3v) is 1.67. The van der Waals surface area contributed by atoms with Gasteiger partial charge in [0, 0.05) is 38.5 Å². The molecule has 0 aliphatic rings. The van der Waals surface area contributed by atoms with E-state index in [1.165, 1.54) is 0 Å². The molecule has 1 radical (unpaired) electrons. The molecule has 0 aromatic heterocycles. The Labute approximate surface area is 107 Å². The van der Waals surface area contributed by atoms with Gasteiger partial charge in [-0.15, -0.1) is 6.42 Å². The molecule has 73 valence electrons. The molecular weight excluding hydrogens is 237 g/mol. The first-order valence-corrected chi connectivity index (χ1v) is 4.56. The summed E-state index contributed by atoms with van der Waals surface area (Å²) < 4.78 is 0. The molecule has 0 rings (SSSR count). The van der Waals surface area contributed by atoms with Crippen LogP contribution in [0.3, 0.4) is 0 Å². The first-order chi connectivity index (χ1) is 5.45. The van der Waals surface area contributed by atoms with Gasteiger partial charge in [-0.1, -0.05) is 46.5 Å². The number of rotatable bonds is 4. The van der Waals surface area contributed by atoms with Gasteiger partial charge in [0.2, 0.25) is 0 Å². The number of Topliss-reactive ketones (excluding diaryl/α,β-unsaturated/α-hetero) is 1. The van der Waals surface area contributed by atoms with Crippen molar-refractivity contribution in [3.05, 3.63) is 11.6 Å². The Bertz CT molecular complexity index is 181. The average Bonchev–Trinajstić information content (AvgIpc) is 1.98. The Hall–Kier alpha value is 0.514. The second-order valence-electron chi connectivity index (χ2n) is 3.92. The quantitative estimate of drug-likeness (QED) is 0.558. The number of hydrogen-bond donors (Lipinski definition) is 0. The molecule has 0 N–H and O–H groups in total. The molecule has 0 saturated carbocycles. The number of allylic oxidation sites excluding steroid dienone is 2. The Morgan fingerprint density at radius 1 is 1.23 bits per heavy atom. The molecule has 0 atom stereocenters. The maximum atomic E-state index is 11.4. The van der Waals surface area contributed by atoms with E-state index in [2.05, 4.69) is 19.9 Å². The summed E-state index contributed by atoms with van der Waals surface area (Å²) in [5, 5.41) is 0. The van der Waals surface area contributed by atoms with Gasteiger partial charge >= 0.3 is 0 Å². The van der Waals surface area contributed by atoms with E-state index < -0.39 is 0 Å². The summed E-state index contributed by atoms with van der Waals surface area (Å²) in [6, 6.07) is 0. The van der Waals surface area contributed by atoms with Gasteiger partial charge < -0.3 is 4.79 Å². The number of carbonyl (C=O) groups excluding carboxylic acids is 1. The van der Waals surface area contributed by atoms with Crippen LogP contribution >= 0.6 is 0 Å². The van der Waals surface area contributed by atoms with Crippen molar-refractivity contribution in [3.63, 3.8) is 0 Å². The van der Waals surface area contributed by atoms with E-state index in [4.69, 9.17) is 0 Å². The zero-order chi connectivity index (χ0) is 9.72.